The van der Waals surface area contributed by atoms with Crippen molar-refractivity contribution in [2.24, 2.45) is 0 Å². The first-order valence-electron chi connectivity index (χ1n) is 9.47. The van der Waals surface area contributed by atoms with Gasteiger partial charge in [0.1, 0.15) is 11.6 Å². The summed E-state index contributed by atoms with van der Waals surface area (Å²) in [6.45, 7) is 0.545. The van der Waals surface area contributed by atoms with Crippen LogP contribution in [0.25, 0.3) is 0 Å². The molecular weight excluding hydrogens is 364 g/mol. The van der Waals surface area contributed by atoms with Crippen LogP contribution in [-0.2, 0) is 6.42 Å². The summed E-state index contributed by atoms with van der Waals surface area (Å²) >= 11 is 0. The van der Waals surface area contributed by atoms with Gasteiger partial charge in [0, 0.05) is 43.8 Å². The Labute approximate surface area is 171 Å². The first-order chi connectivity index (χ1) is 14.0. The maximum atomic E-state index is 12.5. The molecule has 3 aromatic rings. The molecule has 1 heterocycles. The predicted molar refractivity (Wildman–Crippen MR) is 117 cm³/mol. The van der Waals surface area contributed by atoms with Crippen molar-refractivity contribution >= 4 is 23.1 Å². The van der Waals surface area contributed by atoms with Crippen LogP contribution in [0.2, 0.25) is 0 Å². The quantitative estimate of drug-likeness (QED) is 0.611. The third-order valence-electron chi connectivity index (χ3n) is 4.51. The molecule has 0 aliphatic rings. The molecule has 0 bridgehead atoms. The average Bonchev–Trinajstić information content (AvgIpc) is 2.74. The number of hydrogen-bond acceptors (Lipinski definition) is 5. The number of benzene rings is 2. The second-order valence-corrected chi connectivity index (χ2v) is 6.85. The molecule has 0 fully saturated rings. The van der Waals surface area contributed by atoms with E-state index in [2.05, 4.69) is 15.6 Å². The fourth-order valence-corrected chi connectivity index (χ4v) is 2.88. The lowest BCUT2D eigenvalue weighted by atomic mass is 10.1. The average molecular weight is 390 g/mol. The van der Waals surface area contributed by atoms with Crippen molar-refractivity contribution in [3.05, 3.63) is 78.0 Å². The third kappa shape index (κ3) is 5.72. The maximum Gasteiger partial charge on any atom is 0.251 e. The maximum absolute atomic E-state index is 12.5. The summed E-state index contributed by atoms with van der Waals surface area (Å²) in [7, 11) is 5.65. The summed E-state index contributed by atoms with van der Waals surface area (Å²) in [4.78, 5) is 18.8. The van der Waals surface area contributed by atoms with Crippen molar-refractivity contribution in [2.45, 2.75) is 6.42 Å². The summed E-state index contributed by atoms with van der Waals surface area (Å²) in [6.07, 6.45) is 2.37. The van der Waals surface area contributed by atoms with Crippen LogP contribution in [-0.4, -0.2) is 38.6 Å². The van der Waals surface area contributed by atoms with E-state index in [0.717, 1.165) is 29.1 Å². The Morgan fingerprint density at radius 2 is 1.86 bits per heavy atom. The Morgan fingerprint density at radius 3 is 2.59 bits per heavy atom. The molecule has 0 unspecified atom stereocenters. The number of ether oxygens (including phenoxy) is 1. The molecule has 6 heteroatoms. The SMILES string of the molecule is COc1cccc(CCNC(=O)c2ccnc(Nc3ccc(N(C)C)cc3)c2)c1. The van der Waals surface area contributed by atoms with Gasteiger partial charge in [0.05, 0.1) is 7.11 Å². The zero-order chi connectivity index (χ0) is 20.6. The molecule has 0 atom stereocenters. The second-order valence-electron chi connectivity index (χ2n) is 6.85. The summed E-state index contributed by atoms with van der Waals surface area (Å²) in [6, 6.07) is 19.3. The van der Waals surface area contributed by atoms with Gasteiger partial charge in [0.15, 0.2) is 0 Å². The Bertz CT molecular complexity index is 955. The van der Waals surface area contributed by atoms with Crippen molar-refractivity contribution in [1.82, 2.24) is 10.3 Å². The minimum Gasteiger partial charge on any atom is -0.497 e. The Kier molecular flexibility index (Phi) is 6.68. The molecule has 1 aromatic heterocycles. The highest BCUT2D eigenvalue weighted by molar-refractivity contribution is 5.94. The van der Waals surface area contributed by atoms with E-state index in [0.29, 0.717) is 17.9 Å². The summed E-state index contributed by atoms with van der Waals surface area (Å²) in [5.74, 6) is 1.32. The molecule has 0 aliphatic heterocycles. The van der Waals surface area contributed by atoms with Crippen LogP contribution >= 0.6 is 0 Å². The van der Waals surface area contributed by atoms with Crippen molar-refractivity contribution < 1.29 is 9.53 Å². The van der Waals surface area contributed by atoms with E-state index in [1.807, 2.05) is 67.5 Å². The van der Waals surface area contributed by atoms with E-state index in [-0.39, 0.29) is 5.91 Å². The van der Waals surface area contributed by atoms with Crippen LogP contribution in [0.1, 0.15) is 15.9 Å². The molecule has 1 amide bonds. The third-order valence-corrected chi connectivity index (χ3v) is 4.51. The van der Waals surface area contributed by atoms with E-state index >= 15 is 0 Å². The van der Waals surface area contributed by atoms with Crippen molar-refractivity contribution in [2.75, 3.05) is 38.0 Å². The lowest BCUT2D eigenvalue weighted by molar-refractivity contribution is 0.0954. The highest BCUT2D eigenvalue weighted by Crippen LogP contribution is 2.19. The van der Waals surface area contributed by atoms with Gasteiger partial charge in [-0.25, -0.2) is 4.98 Å². The van der Waals surface area contributed by atoms with Gasteiger partial charge in [0.25, 0.3) is 5.91 Å². The second kappa shape index (κ2) is 9.59. The number of amides is 1. The molecule has 2 aromatic carbocycles. The van der Waals surface area contributed by atoms with Crippen LogP contribution in [0.5, 0.6) is 5.75 Å². The lowest BCUT2D eigenvalue weighted by Crippen LogP contribution is -2.25. The van der Waals surface area contributed by atoms with Crippen LogP contribution in [0.15, 0.2) is 66.9 Å². The summed E-state index contributed by atoms with van der Waals surface area (Å²) in [5.41, 5.74) is 3.72. The number of carbonyl (C=O) groups is 1. The predicted octanol–water partition coefficient (Wildman–Crippen LogP) is 3.87. The van der Waals surface area contributed by atoms with Gasteiger partial charge in [-0.3, -0.25) is 4.79 Å². The molecule has 0 spiro atoms. The standard InChI is InChI=1S/C23H26N4O2/c1-27(2)20-9-7-19(8-10-20)26-22-16-18(12-14-24-22)23(28)25-13-11-17-5-4-6-21(15-17)29-3/h4-10,12,14-16H,11,13H2,1-3H3,(H,24,26)(H,25,28). The minimum atomic E-state index is -0.124. The van der Waals surface area contributed by atoms with E-state index in [1.165, 1.54) is 0 Å². The number of hydrogen-bond donors (Lipinski definition) is 2. The molecule has 6 nitrogen and oxygen atoms in total. The summed E-state index contributed by atoms with van der Waals surface area (Å²) < 4.78 is 5.23. The number of rotatable bonds is 8. The topological polar surface area (TPSA) is 66.5 Å². The fraction of sp³-hybridized carbons (Fsp3) is 0.217. The van der Waals surface area contributed by atoms with Crippen molar-refractivity contribution in [1.29, 1.82) is 0 Å². The van der Waals surface area contributed by atoms with E-state index in [9.17, 15) is 4.79 Å². The zero-order valence-corrected chi connectivity index (χ0v) is 17.0. The number of nitrogens with zero attached hydrogens (tertiary/aromatic N) is 2. The molecular formula is C23H26N4O2. The number of pyridine rings is 1. The molecule has 0 radical (unpaired) electrons. The molecule has 2 N–H and O–H groups in total. The van der Waals surface area contributed by atoms with Crippen molar-refractivity contribution in [3.8, 4) is 5.75 Å². The van der Waals surface area contributed by atoms with Crippen LogP contribution in [0.3, 0.4) is 0 Å². The van der Waals surface area contributed by atoms with Gasteiger partial charge >= 0.3 is 0 Å². The van der Waals surface area contributed by atoms with E-state index in [1.54, 1.807) is 25.4 Å². The van der Waals surface area contributed by atoms with Gasteiger partial charge in [0.2, 0.25) is 0 Å². The van der Waals surface area contributed by atoms with Crippen LogP contribution in [0, 0.1) is 0 Å². The van der Waals surface area contributed by atoms with Gasteiger partial charge in [-0.05, 0) is 60.5 Å². The largest absolute Gasteiger partial charge is 0.497 e. The van der Waals surface area contributed by atoms with Crippen LogP contribution < -0.4 is 20.3 Å². The first kappa shape index (κ1) is 20.2. The fourth-order valence-electron chi connectivity index (χ4n) is 2.88. The van der Waals surface area contributed by atoms with Gasteiger partial charge in [-0.15, -0.1) is 0 Å². The Hall–Kier alpha value is -3.54. The van der Waals surface area contributed by atoms with Crippen molar-refractivity contribution in [3.63, 3.8) is 0 Å². The highest BCUT2D eigenvalue weighted by atomic mass is 16.5. The van der Waals surface area contributed by atoms with E-state index in [4.69, 9.17) is 4.74 Å². The molecule has 0 saturated carbocycles. The number of methoxy groups -OCH3 is 1. The summed E-state index contributed by atoms with van der Waals surface area (Å²) in [5, 5.41) is 6.19. The van der Waals surface area contributed by atoms with Gasteiger partial charge in [-0.2, -0.15) is 0 Å². The minimum absolute atomic E-state index is 0.124. The smallest absolute Gasteiger partial charge is 0.251 e. The van der Waals surface area contributed by atoms with Gasteiger partial charge in [-0.1, -0.05) is 12.1 Å². The monoisotopic (exact) mass is 390 g/mol. The first-order valence-corrected chi connectivity index (χ1v) is 9.47. The number of nitrogens with one attached hydrogen (secondary N) is 2. The lowest BCUT2D eigenvalue weighted by Gasteiger charge is -2.13. The molecule has 0 saturated heterocycles. The Balaban J connectivity index is 1.57. The number of aromatic nitrogens is 1. The molecule has 3 rings (SSSR count). The highest BCUT2D eigenvalue weighted by Gasteiger charge is 2.07. The van der Waals surface area contributed by atoms with E-state index < -0.39 is 0 Å². The Morgan fingerprint density at radius 1 is 1.07 bits per heavy atom. The normalized spacial score (nSPS) is 10.3. The zero-order valence-electron chi connectivity index (χ0n) is 17.0. The molecule has 150 valence electrons. The molecule has 29 heavy (non-hydrogen) atoms. The van der Waals surface area contributed by atoms with Gasteiger partial charge < -0.3 is 20.3 Å². The molecule has 0 aliphatic carbocycles. The van der Waals surface area contributed by atoms with Crippen LogP contribution in [0.4, 0.5) is 17.2 Å². The number of carbonyl (C=O) groups excluding carboxylic acids is 1. The number of anilines is 3.